The topological polar surface area (TPSA) is 91.4 Å². The van der Waals surface area contributed by atoms with Gasteiger partial charge in [-0.1, -0.05) is 23.2 Å². The zero-order valence-electron chi connectivity index (χ0n) is 12.7. The molecule has 0 aliphatic carbocycles. The van der Waals surface area contributed by atoms with Crippen molar-refractivity contribution in [3.05, 3.63) is 44.3 Å². The molecular weight excluding hydrogens is 398 g/mol. The third kappa shape index (κ3) is 4.02. The van der Waals surface area contributed by atoms with Crippen molar-refractivity contribution in [1.82, 2.24) is 15.3 Å². The van der Waals surface area contributed by atoms with Gasteiger partial charge >= 0.3 is 6.18 Å². The average molecular weight is 408 g/mol. The van der Waals surface area contributed by atoms with Crippen LogP contribution in [0.1, 0.15) is 5.69 Å². The summed E-state index contributed by atoms with van der Waals surface area (Å²) < 4.78 is 45.1. The summed E-state index contributed by atoms with van der Waals surface area (Å²) in [7, 11) is 0. The Kier molecular flexibility index (Phi) is 4.97. The second kappa shape index (κ2) is 7.04. The van der Waals surface area contributed by atoms with E-state index in [1.165, 1.54) is 18.2 Å². The Morgan fingerprint density at radius 2 is 2.00 bits per heavy atom. The smallest absolute Gasteiger partial charge is 0.437 e. The molecule has 3 N–H and O–H groups in total. The maximum atomic E-state index is 13.4. The highest BCUT2D eigenvalue weighted by Crippen LogP contribution is 2.36. The van der Waals surface area contributed by atoms with Gasteiger partial charge in [-0.2, -0.15) is 13.2 Å². The van der Waals surface area contributed by atoms with Crippen LogP contribution in [0, 0.1) is 0 Å². The van der Waals surface area contributed by atoms with Gasteiger partial charge in [0, 0.05) is 12.6 Å². The molecule has 1 aliphatic heterocycles. The molecule has 0 radical (unpaired) electrons. The van der Waals surface area contributed by atoms with Gasteiger partial charge < -0.3 is 10.1 Å². The van der Waals surface area contributed by atoms with Gasteiger partial charge in [-0.3, -0.25) is 20.1 Å². The minimum Gasteiger partial charge on any atom is -0.449 e. The molecule has 0 saturated heterocycles. The second-order valence-electron chi connectivity index (χ2n) is 5.05. The van der Waals surface area contributed by atoms with Crippen LogP contribution in [0.3, 0.4) is 0 Å². The number of aromatic nitrogens is 2. The molecule has 1 aromatic carbocycles. The Labute approximate surface area is 154 Å². The number of hydrogen-bond acceptors (Lipinski definition) is 6. The number of H-pyrrole nitrogens is 1. The van der Waals surface area contributed by atoms with Gasteiger partial charge in [-0.15, -0.1) is 0 Å². The molecule has 2 heterocycles. The molecule has 138 valence electrons. The summed E-state index contributed by atoms with van der Waals surface area (Å²) >= 11 is 11.6. The molecule has 0 atom stereocenters. The van der Waals surface area contributed by atoms with Gasteiger partial charge in [0.25, 0.3) is 5.56 Å². The van der Waals surface area contributed by atoms with E-state index in [1.54, 1.807) is 0 Å². The zero-order chi connectivity index (χ0) is 18.9. The summed E-state index contributed by atoms with van der Waals surface area (Å²) in [5.41, 5.74) is -2.62. The number of hydrogen-bond donors (Lipinski definition) is 3. The summed E-state index contributed by atoms with van der Waals surface area (Å²) in [6.07, 6.45) is -4.93. The van der Waals surface area contributed by atoms with Crippen LogP contribution in [-0.4, -0.2) is 29.0 Å². The SMILES string of the molecule is O=c1[nH]c(NC2=NCCN2)nc(C(F)(F)F)c1Oc1ccc(Cl)c(Cl)c1. The Balaban J connectivity index is 2.00. The van der Waals surface area contributed by atoms with E-state index in [0.717, 1.165) is 0 Å². The van der Waals surface area contributed by atoms with Crippen molar-refractivity contribution in [2.75, 3.05) is 18.4 Å². The Hall–Kier alpha value is -2.46. The summed E-state index contributed by atoms with van der Waals surface area (Å²) in [6.45, 7) is 0.981. The number of nitrogens with one attached hydrogen (secondary N) is 3. The lowest BCUT2D eigenvalue weighted by atomic mass is 10.3. The van der Waals surface area contributed by atoms with E-state index >= 15 is 0 Å². The normalized spacial score (nSPS) is 14.0. The largest absolute Gasteiger partial charge is 0.449 e. The van der Waals surface area contributed by atoms with Gasteiger partial charge in [-0.05, 0) is 12.1 Å². The van der Waals surface area contributed by atoms with Crippen molar-refractivity contribution < 1.29 is 17.9 Å². The number of ether oxygens (including phenoxy) is 1. The summed E-state index contributed by atoms with van der Waals surface area (Å²) in [4.78, 5) is 21.7. The highest BCUT2D eigenvalue weighted by Gasteiger charge is 2.39. The van der Waals surface area contributed by atoms with Crippen molar-refractivity contribution in [2.24, 2.45) is 4.99 Å². The summed E-state index contributed by atoms with van der Waals surface area (Å²) in [6, 6.07) is 3.79. The number of aliphatic imine (C=N–C) groups is 1. The first-order valence-corrected chi connectivity index (χ1v) is 7.89. The number of alkyl halides is 3. The van der Waals surface area contributed by atoms with Gasteiger partial charge in [0.05, 0.1) is 16.6 Å². The summed E-state index contributed by atoms with van der Waals surface area (Å²) in [5, 5.41) is 5.51. The van der Waals surface area contributed by atoms with Crippen LogP contribution >= 0.6 is 23.2 Å². The Morgan fingerprint density at radius 1 is 1.23 bits per heavy atom. The lowest BCUT2D eigenvalue weighted by Gasteiger charge is -2.14. The Morgan fingerprint density at radius 3 is 2.62 bits per heavy atom. The first-order chi connectivity index (χ1) is 12.2. The standard InChI is InChI=1S/C14H10Cl2F3N5O2/c15-7-2-1-6(5-8(7)16)26-9-10(14(17,18)19)22-13(23-11(9)25)24-12-20-3-4-21-12/h1-2,5H,3-4H2,(H3,20,21,22,23,24,25). The molecule has 0 unspecified atom stereocenters. The van der Waals surface area contributed by atoms with Crippen molar-refractivity contribution in [3.8, 4) is 11.5 Å². The predicted molar refractivity (Wildman–Crippen MR) is 90.3 cm³/mol. The van der Waals surface area contributed by atoms with Crippen LogP contribution in [0.5, 0.6) is 11.5 Å². The van der Waals surface area contributed by atoms with Crippen LogP contribution in [0.15, 0.2) is 28.0 Å². The lowest BCUT2D eigenvalue weighted by molar-refractivity contribution is -0.142. The number of aromatic amines is 1. The van der Waals surface area contributed by atoms with E-state index < -0.39 is 29.1 Å². The van der Waals surface area contributed by atoms with Crippen LogP contribution in [0.25, 0.3) is 0 Å². The second-order valence-corrected chi connectivity index (χ2v) is 5.86. The molecule has 0 spiro atoms. The highest BCUT2D eigenvalue weighted by molar-refractivity contribution is 6.42. The molecule has 1 aliphatic rings. The van der Waals surface area contributed by atoms with Crippen molar-refractivity contribution in [2.45, 2.75) is 6.18 Å². The first-order valence-electron chi connectivity index (χ1n) is 7.14. The van der Waals surface area contributed by atoms with Gasteiger partial charge in [0.2, 0.25) is 11.7 Å². The maximum absolute atomic E-state index is 13.4. The minimum absolute atomic E-state index is 0.0609. The number of guanidine groups is 1. The fraction of sp³-hybridized carbons (Fsp3) is 0.214. The van der Waals surface area contributed by atoms with Crippen molar-refractivity contribution in [1.29, 1.82) is 0 Å². The molecule has 7 nitrogen and oxygen atoms in total. The van der Waals surface area contributed by atoms with Crippen molar-refractivity contribution in [3.63, 3.8) is 0 Å². The average Bonchev–Trinajstić information content (AvgIpc) is 3.05. The molecule has 0 bridgehead atoms. The number of halogens is 5. The zero-order valence-corrected chi connectivity index (χ0v) is 14.3. The number of benzene rings is 1. The number of rotatable bonds is 3. The molecule has 12 heteroatoms. The summed E-state index contributed by atoms with van der Waals surface area (Å²) in [5.74, 6) is -1.32. The van der Waals surface area contributed by atoms with Crippen LogP contribution in [-0.2, 0) is 6.18 Å². The molecule has 1 aromatic heterocycles. The predicted octanol–water partition coefficient (Wildman–Crippen LogP) is 3.26. The molecule has 0 amide bonds. The van der Waals surface area contributed by atoms with E-state index in [9.17, 15) is 18.0 Å². The number of nitrogens with zero attached hydrogens (tertiary/aromatic N) is 2. The third-order valence-corrected chi connectivity index (χ3v) is 3.91. The van der Waals surface area contributed by atoms with Gasteiger partial charge in [-0.25, -0.2) is 4.98 Å². The molecule has 3 rings (SSSR count). The molecule has 0 fully saturated rings. The fourth-order valence-electron chi connectivity index (χ4n) is 2.06. The van der Waals surface area contributed by atoms with E-state index in [0.29, 0.717) is 13.1 Å². The van der Waals surface area contributed by atoms with Gasteiger partial charge in [0.15, 0.2) is 11.7 Å². The van der Waals surface area contributed by atoms with Crippen LogP contribution in [0.4, 0.5) is 19.1 Å². The van der Waals surface area contributed by atoms with Crippen LogP contribution < -0.4 is 20.9 Å². The maximum Gasteiger partial charge on any atom is 0.437 e. The van der Waals surface area contributed by atoms with E-state index in [4.69, 9.17) is 27.9 Å². The molecule has 0 saturated carbocycles. The van der Waals surface area contributed by atoms with Gasteiger partial charge in [0.1, 0.15) is 5.75 Å². The molecule has 26 heavy (non-hydrogen) atoms. The Bertz CT molecular complexity index is 930. The van der Waals surface area contributed by atoms with E-state index in [-0.39, 0.29) is 21.8 Å². The molecule has 2 aromatic rings. The van der Waals surface area contributed by atoms with Crippen LogP contribution in [0.2, 0.25) is 10.0 Å². The lowest BCUT2D eigenvalue weighted by Crippen LogP contribution is -2.29. The monoisotopic (exact) mass is 407 g/mol. The highest BCUT2D eigenvalue weighted by atomic mass is 35.5. The first kappa shape index (κ1) is 18.3. The van der Waals surface area contributed by atoms with E-state index in [1.807, 2.05) is 0 Å². The number of anilines is 1. The minimum atomic E-state index is -4.93. The fourth-order valence-corrected chi connectivity index (χ4v) is 2.35. The third-order valence-electron chi connectivity index (χ3n) is 3.17. The van der Waals surface area contributed by atoms with Crippen molar-refractivity contribution >= 4 is 35.1 Å². The quantitative estimate of drug-likeness (QED) is 0.726. The molecular formula is C14H10Cl2F3N5O2. The van der Waals surface area contributed by atoms with E-state index in [2.05, 4.69) is 25.6 Å².